The number of ether oxygens (including phenoxy) is 1. The Morgan fingerprint density at radius 3 is 2.79 bits per heavy atom. The van der Waals surface area contributed by atoms with Gasteiger partial charge in [0.1, 0.15) is 0 Å². The number of sulfonamides is 1. The molecule has 0 radical (unpaired) electrons. The van der Waals surface area contributed by atoms with Crippen molar-refractivity contribution in [3.05, 3.63) is 35.4 Å². The van der Waals surface area contributed by atoms with Gasteiger partial charge in [-0.3, -0.25) is 0 Å². The standard InChI is InChI=1S/C13H15NO4S/c1-19(16,17)14-8-4-7-13(9-14)11-6-3-2-5-10(11)12(15)18-13/h2-3,5-6H,4,7-9H2,1H3/t13-/m0/s1. The van der Waals surface area contributed by atoms with Gasteiger partial charge in [0, 0.05) is 12.1 Å². The first-order chi connectivity index (χ1) is 8.92. The molecule has 2 aliphatic heterocycles. The molecule has 102 valence electrons. The normalized spacial score (nSPS) is 27.3. The largest absolute Gasteiger partial charge is 0.449 e. The number of carbonyl (C=O) groups is 1. The maximum atomic E-state index is 11.9. The molecule has 1 aromatic rings. The Labute approximate surface area is 112 Å². The Morgan fingerprint density at radius 1 is 1.32 bits per heavy atom. The number of carbonyl (C=O) groups excluding carboxylic acids is 1. The number of fused-ring (bicyclic) bond motifs is 2. The van der Waals surface area contributed by atoms with E-state index in [0.717, 1.165) is 5.56 Å². The van der Waals surface area contributed by atoms with Crippen LogP contribution in [-0.4, -0.2) is 38.0 Å². The van der Waals surface area contributed by atoms with Crippen molar-refractivity contribution >= 4 is 16.0 Å². The molecule has 0 saturated carbocycles. The van der Waals surface area contributed by atoms with Crippen molar-refractivity contribution in [3.63, 3.8) is 0 Å². The maximum Gasteiger partial charge on any atom is 0.339 e. The number of hydrogen-bond acceptors (Lipinski definition) is 4. The van der Waals surface area contributed by atoms with Crippen LogP contribution in [-0.2, 0) is 20.4 Å². The summed E-state index contributed by atoms with van der Waals surface area (Å²) in [4.78, 5) is 11.9. The molecule has 0 aliphatic carbocycles. The molecule has 1 aromatic carbocycles. The minimum absolute atomic E-state index is 0.217. The molecule has 2 aliphatic rings. The Bertz CT molecular complexity index is 640. The average Bonchev–Trinajstić information content (AvgIpc) is 2.63. The molecule has 6 heteroatoms. The van der Waals surface area contributed by atoms with E-state index in [1.807, 2.05) is 12.1 Å². The quantitative estimate of drug-likeness (QED) is 0.723. The van der Waals surface area contributed by atoms with Crippen molar-refractivity contribution in [3.8, 4) is 0 Å². The summed E-state index contributed by atoms with van der Waals surface area (Å²) < 4.78 is 30.3. The lowest BCUT2D eigenvalue weighted by molar-refractivity contribution is -0.0344. The lowest BCUT2D eigenvalue weighted by Gasteiger charge is -2.38. The third-order valence-electron chi connectivity index (χ3n) is 3.81. The van der Waals surface area contributed by atoms with E-state index in [4.69, 9.17) is 4.74 Å². The van der Waals surface area contributed by atoms with Gasteiger partial charge in [-0.25, -0.2) is 13.2 Å². The highest BCUT2D eigenvalue weighted by Crippen LogP contribution is 2.43. The summed E-state index contributed by atoms with van der Waals surface area (Å²) in [6.07, 6.45) is 2.55. The Hall–Kier alpha value is -1.40. The highest BCUT2D eigenvalue weighted by Gasteiger charge is 2.49. The van der Waals surface area contributed by atoms with Gasteiger partial charge in [0.15, 0.2) is 5.60 Å². The van der Waals surface area contributed by atoms with E-state index in [9.17, 15) is 13.2 Å². The second-order valence-corrected chi connectivity index (χ2v) is 7.11. The molecule has 0 N–H and O–H groups in total. The minimum Gasteiger partial charge on any atom is -0.449 e. The SMILES string of the molecule is CS(=O)(=O)N1CCC[C@@]2(C1)OC(=O)c1ccccc12. The molecule has 1 spiro atoms. The summed E-state index contributed by atoms with van der Waals surface area (Å²) in [7, 11) is -3.27. The van der Waals surface area contributed by atoms with Gasteiger partial charge in [-0.05, 0) is 18.9 Å². The van der Waals surface area contributed by atoms with Crippen molar-refractivity contribution in [2.75, 3.05) is 19.3 Å². The third kappa shape index (κ3) is 1.95. The number of benzene rings is 1. The second kappa shape index (κ2) is 4.05. The molecule has 5 nitrogen and oxygen atoms in total. The molecule has 2 heterocycles. The molecule has 1 atom stereocenters. The number of piperidine rings is 1. The fraction of sp³-hybridized carbons (Fsp3) is 0.462. The van der Waals surface area contributed by atoms with Crippen LogP contribution in [0.15, 0.2) is 24.3 Å². The van der Waals surface area contributed by atoms with E-state index in [1.165, 1.54) is 10.6 Å². The molecule has 19 heavy (non-hydrogen) atoms. The van der Waals surface area contributed by atoms with Crippen molar-refractivity contribution in [1.29, 1.82) is 0 Å². The smallest absolute Gasteiger partial charge is 0.339 e. The third-order valence-corrected chi connectivity index (χ3v) is 5.06. The number of esters is 1. The molecule has 1 fully saturated rings. The average molecular weight is 281 g/mol. The van der Waals surface area contributed by atoms with Gasteiger partial charge in [0.2, 0.25) is 10.0 Å². The van der Waals surface area contributed by atoms with Crippen molar-refractivity contribution in [2.24, 2.45) is 0 Å². The van der Waals surface area contributed by atoms with Gasteiger partial charge in [0.25, 0.3) is 0 Å². The molecular weight excluding hydrogens is 266 g/mol. The molecule has 3 rings (SSSR count). The molecule has 0 amide bonds. The van der Waals surface area contributed by atoms with Gasteiger partial charge in [-0.15, -0.1) is 0 Å². The first-order valence-electron chi connectivity index (χ1n) is 6.20. The van der Waals surface area contributed by atoms with Gasteiger partial charge in [-0.1, -0.05) is 18.2 Å². The fourth-order valence-electron chi connectivity index (χ4n) is 2.92. The maximum absolute atomic E-state index is 11.9. The monoisotopic (exact) mass is 281 g/mol. The van der Waals surface area contributed by atoms with Crippen LogP contribution in [0.4, 0.5) is 0 Å². The van der Waals surface area contributed by atoms with E-state index in [2.05, 4.69) is 0 Å². The summed E-state index contributed by atoms with van der Waals surface area (Å²) >= 11 is 0. The van der Waals surface area contributed by atoms with Crippen LogP contribution < -0.4 is 0 Å². The van der Waals surface area contributed by atoms with E-state index in [0.29, 0.717) is 24.9 Å². The number of hydrogen-bond donors (Lipinski definition) is 0. The number of nitrogens with zero attached hydrogens (tertiary/aromatic N) is 1. The van der Waals surface area contributed by atoms with Crippen molar-refractivity contribution in [1.82, 2.24) is 4.31 Å². The Kier molecular flexibility index (Phi) is 2.69. The molecule has 0 unspecified atom stereocenters. The van der Waals surface area contributed by atoms with Crippen LogP contribution >= 0.6 is 0 Å². The topological polar surface area (TPSA) is 63.7 Å². The highest BCUT2D eigenvalue weighted by molar-refractivity contribution is 7.88. The van der Waals surface area contributed by atoms with E-state index in [-0.39, 0.29) is 12.5 Å². The summed E-state index contributed by atoms with van der Waals surface area (Å²) in [5.41, 5.74) is 0.570. The summed E-state index contributed by atoms with van der Waals surface area (Å²) in [6, 6.07) is 7.22. The van der Waals surface area contributed by atoms with E-state index >= 15 is 0 Å². The van der Waals surface area contributed by atoms with Crippen molar-refractivity contribution < 1.29 is 17.9 Å². The minimum atomic E-state index is -3.27. The predicted octanol–water partition coefficient (Wildman–Crippen LogP) is 1.11. The summed E-state index contributed by atoms with van der Waals surface area (Å²) in [5.74, 6) is -0.356. The first-order valence-corrected chi connectivity index (χ1v) is 8.05. The van der Waals surface area contributed by atoms with Gasteiger partial charge >= 0.3 is 5.97 Å². The molecule has 1 saturated heterocycles. The van der Waals surface area contributed by atoms with Crippen LogP contribution in [0.5, 0.6) is 0 Å². The molecule has 0 aromatic heterocycles. The fourth-order valence-corrected chi connectivity index (χ4v) is 3.82. The van der Waals surface area contributed by atoms with Crippen LogP contribution in [0.25, 0.3) is 0 Å². The van der Waals surface area contributed by atoms with Crippen LogP contribution in [0.2, 0.25) is 0 Å². The van der Waals surface area contributed by atoms with Gasteiger partial charge < -0.3 is 4.74 Å². The summed E-state index contributed by atoms with van der Waals surface area (Å²) in [5, 5.41) is 0. The zero-order valence-electron chi connectivity index (χ0n) is 10.6. The van der Waals surface area contributed by atoms with Crippen LogP contribution in [0.3, 0.4) is 0 Å². The molecular formula is C13H15NO4S. The number of rotatable bonds is 1. The van der Waals surface area contributed by atoms with Crippen LogP contribution in [0, 0.1) is 0 Å². The Morgan fingerprint density at radius 2 is 2.05 bits per heavy atom. The van der Waals surface area contributed by atoms with Crippen molar-refractivity contribution in [2.45, 2.75) is 18.4 Å². The van der Waals surface area contributed by atoms with Gasteiger partial charge in [-0.2, -0.15) is 4.31 Å². The van der Waals surface area contributed by atoms with Crippen LogP contribution in [0.1, 0.15) is 28.8 Å². The Balaban J connectivity index is 2.04. The zero-order chi connectivity index (χ0) is 13.7. The first kappa shape index (κ1) is 12.6. The predicted molar refractivity (Wildman–Crippen MR) is 69.2 cm³/mol. The van der Waals surface area contributed by atoms with E-state index < -0.39 is 15.6 Å². The van der Waals surface area contributed by atoms with Gasteiger partial charge in [0.05, 0.1) is 18.4 Å². The van der Waals surface area contributed by atoms with E-state index in [1.54, 1.807) is 12.1 Å². The zero-order valence-corrected chi connectivity index (χ0v) is 11.4. The lowest BCUT2D eigenvalue weighted by atomic mass is 9.86. The second-order valence-electron chi connectivity index (χ2n) is 5.13. The molecule has 0 bridgehead atoms. The lowest BCUT2D eigenvalue weighted by Crippen LogP contribution is -2.48. The highest BCUT2D eigenvalue weighted by atomic mass is 32.2. The summed E-state index contributed by atoms with van der Waals surface area (Å²) in [6.45, 7) is 0.703.